The molecule has 4 aromatic rings. The molecule has 0 radical (unpaired) electrons. The fourth-order valence-corrected chi connectivity index (χ4v) is 3.21. The minimum Gasteiger partial charge on any atom is -0.358 e. The third kappa shape index (κ3) is 5.09. The van der Waals surface area contributed by atoms with Crippen LogP contribution in [0, 0.1) is 6.92 Å². The Morgan fingerprint density at radius 3 is 2.38 bits per heavy atom. The number of aromatic nitrogens is 1. The molecule has 0 aliphatic rings. The lowest BCUT2D eigenvalue weighted by molar-refractivity contribution is 0.925. The fourth-order valence-electron chi connectivity index (χ4n) is 3.02. The van der Waals surface area contributed by atoms with Gasteiger partial charge in [-0.15, -0.1) is 0 Å². The van der Waals surface area contributed by atoms with Gasteiger partial charge in [-0.25, -0.2) is 4.98 Å². The Bertz CT molecular complexity index is 1120. The first kappa shape index (κ1) is 18.9. The highest BCUT2D eigenvalue weighted by Crippen LogP contribution is 2.22. The first-order valence-electron chi connectivity index (χ1n) is 9.48. The zero-order chi connectivity index (χ0) is 20.1. The normalized spacial score (nSPS) is 10.5. The Hall–Kier alpha value is -3.44. The molecule has 0 unspecified atom stereocenters. The van der Waals surface area contributed by atoms with E-state index >= 15 is 0 Å². The summed E-state index contributed by atoms with van der Waals surface area (Å²) in [5.41, 5.74) is 4.29. The predicted octanol–water partition coefficient (Wildman–Crippen LogP) is 5.77. The van der Waals surface area contributed by atoms with Crippen molar-refractivity contribution in [3.63, 3.8) is 0 Å². The topological polar surface area (TPSA) is 49.0 Å². The number of pyridine rings is 1. The van der Waals surface area contributed by atoms with Gasteiger partial charge in [0.15, 0.2) is 5.11 Å². The van der Waals surface area contributed by atoms with E-state index in [0.29, 0.717) is 11.7 Å². The standard InChI is InChI=1S/C24H22N4S/c1-17-6-8-18(9-7-17)15-26-24(29)28-22-12-13-23(25-16-22)27-21-11-10-19-4-2-3-5-20(19)14-21/h2-14,16H,15H2,1H3,(H,25,27)(H2,26,28,29). The Labute approximate surface area is 176 Å². The molecule has 5 heteroatoms. The molecule has 144 valence electrons. The van der Waals surface area contributed by atoms with Gasteiger partial charge in [-0.3, -0.25) is 0 Å². The van der Waals surface area contributed by atoms with Gasteiger partial charge in [0.05, 0.1) is 11.9 Å². The number of hydrogen-bond acceptors (Lipinski definition) is 3. The molecule has 0 saturated carbocycles. The van der Waals surface area contributed by atoms with Gasteiger partial charge in [-0.2, -0.15) is 0 Å². The van der Waals surface area contributed by atoms with Crippen LogP contribution in [-0.2, 0) is 6.54 Å². The zero-order valence-corrected chi connectivity index (χ0v) is 17.0. The predicted molar refractivity (Wildman–Crippen MR) is 126 cm³/mol. The van der Waals surface area contributed by atoms with Crippen molar-refractivity contribution >= 4 is 45.3 Å². The molecule has 0 aliphatic heterocycles. The summed E-state index contributed by atoms with van der Waals surface area (Å²) in [7, 11) is 0. The van der Waals surface area contributed by atoms with E-state index < -0.39 is 0 Å². The Balaban J connectivity index is 1.33. The van der Waals surface area contributed by atoms with Gasteiger partial charge in [-0.1, -0.05) is 60.2 Å². The second-order valence-corrected chi connectivity index (χ2v) is 7.32. The van der Waals surface area contributed by atoms with Crippen LogP contribution >= 0.6 is 12.2 Å². The van der Waals surface area contributed by atoms with Crippen molar-refractivity contribution in [2.45, 2.75) is 13.5 Å². The van der Waals surface area contributed by atoms with Gasteiger partial charge in [0.1, 0.15) is 5.82 Å². The van der Waals surface area contributed by atoms with E-state index in [1.165, 1.54) is 21.9 Å². The van der Waals surface area contributed by atoms with E-state index in [0.717, 1.165) is 17.2 Å². The van der Waals surface area contributed by atoms with Gasteiger partial charge in [-0.05, 0) is 59.7 Å². The van der Waals surface area contributed by atoms with Gasteiger partial charge < -0.3 is 16.0 Å². The number of fused-ring (bicyclic) bond motifs is 1. The van der Waals surface area contributed by atoms with E-state index in [4.69, 9.17) is 12.2 Å². The van der Waals surface area contributed by atoms with Gasteiger partial charge >= 0.3 is 0 Å². The first-order valence-corrected chi connectivity index (χ1v) is 9.89. The van der Waals surface area contributed by atoms with Crippen molar-refractivity contribution in [1.82, 2.24) is 10.3 Å². The Morgan fingerprint density at radius 1 is 0.862 bits per heavy atom. The van der Waals surface area contributed by atoms with Gasteiger partial charge in [0.2, 0.25) is 0 Å². The van der Waals surface area contributed by atoms with Crippen LogP contribution in [0.1, 0.15) is 11.1 Å². The van der Waals surface area contributed by atoms with Crippen molar-refractivity contribution in [2.75, 3.05) is 10.6 Å². The maximum Gasteiger partial charge on any atom is 0.171 e. The molecule has 0 saturated heterocycles. The number of benzene rings is 3. The van der Waals surface area contributed by atoms with Crippen LogP contribution in [0.5, 0.6) is 0 Å². The maximum absolute atomic E-state index is 5.38. The first-order chi connectivity index (χ1) is 14.2. The summed E-state index contributed by atoms with van der Waals surface area (Å²) in [5.74, 6) is 0.782. The summed E-state index contributed by atoms with van der Waals surface area (Å²) in [4.78, 5) is 4.47. The van der Waals surface area contributed by atoms with E-state index in [1.807, 2.05) is 24.3 Å². The Morgan fingerprint density at radius 2 is 1.62 bits per heavy atom. The molecule has 0 bridgehead atoms. The Kier molecular flexibility index (Phi) is 5.68. The molecular weight excluding hydrogens is 376 g/mol. The highest BCUT2D eigenvalue weighted by molar-refractivity contribution is 7.80. The minimum absolute atomic E-state index is 0.572. The van der Waals surface area contributed by atoms with Crippen molar-refractivity contribution in [3.8, 4) is 0 Å². The molecule has 3 aromatic carbocycles. The summed E-state index contributed by atoms with van der Waals surface area (Å²) in [6.45, 7) is 2.76. The third-order valence-electron chi connectivity index (χ3n) is 4.62. The smallest absolute Gasteiger partial charge is 0.171 e. The van der Waals surface area contributed by atoms with Crippen LogP contribution in [0.15, 0.2) is 85.1 Å². The fraction of sp³-hybridized carbons (Fsp3) is 0.0833. The second-order valence-electron chi connectivity index (χ2n) is 6.91. The molecule has 29 heavy (non-hydrogen) atoms. The molecule has 4 rings (SSSR count). The number of hydrogen-bond donors (Lipinski definition) is 3. The molecule has 0 amide bonds. The lowest BCUT2D eigenvalue weighted by Crippen LogP contribution is -2.27. The van der Waals surface area contributed by atoms with Crippen molar-refractivity contribution in [1.29, 1.82) is 0 Å². The molecule has 1 aromatic heterocycles. The van der Waals surface area contributed by atoms with E-state index in [-0.39, 0.29) is 0 Å². The highest BCUT2D eigenvalue weighted by atomic mass is 32.1. The van der Waals surface area contributed by atoms with E-state index in [9.17, 15) is 0 Å². The van der Waals surface area contributed by atoms with Crippen LogP contribution in [0.3, 0.4) is 0 Å². The quantitative estimate of drug-likeness (QED) is 0.372. The average molecular weight is 399 g/mol. The van der Waals surface area contributed by atoms with Crippen LogP contribution in [0.4, 0.5) is 17.2 Å². The third-order valence-corrected chi connectivity index (χ3v) is 4.86. The van der Waals surface area contributed by atoms with Crippen LogP contribution in [0.25, 0.3) is 10.8 Å². The average Bonchev–Trinajstić information content (AvgIpc) is 2.75. The monoisotopic (exact) mass is 398 g/mol. The molecule has 1 heterocycles. The number of aryl methyl sites for hydroxylation is 1. The molecule has 0 spiro atoms. The van der Waals surface area contributed by atoms with Crippen molar-refractivity contribution in [3.05, 3.63) is 96.2 Å². The number of rotatable bonds is 5. The molecule has 0 fully saturated rings. The van der Waals surface area contributed by atoms with Crippen LogP contribution in [0.2, 0.25) is 0 Å². The van der Waals surface area contributed by atoms with Crippen LogP contribution in [-0.4, -0.2) is 10.1 Å². The number of anilines is 3. The summed E-state index contributed by atoms with van der Waals surface area (Å²) in [6, 6.07) is 26.8. The van der Waals surface area contributed by atoms with Crippen molar-refractivity contribution in [2.24, 2.45) is 0 Å². The molecule has 0 aliphatic carbocycles. The largest absolute Gasteiger partial charge is 0.358 e. The van der Waals surface area contributed by atoms with Gasteiger partial charge in [0, 0.05) is 12.2 Å². The number of nitrogens with zero attached hydrogens (tertiary/aromatic N) is 1. The highest BCUT2D eigenvalue weighted by Gasteiger charge is 2.02. The second kappa shape index (κ2) is 8.71. The lowest BCUT2D eigenvalue weighted by Gasteiger charge is -2.12. The van der Waals surface area contributed by atoms with E-state index in [1.54, 1.807) is 6.20 Å². The van der Waals surface area contributed by atoms with Crippen LogP contribution < -0.4 is 16.0 Å². The van der Waals surface area contributed by atoms with Gasteiger partial charge in [0.25, 0.3) is 0 Å². The summed E-state index contributed by atoms with van der Waals surface area (Å²) in [6.07, 6.45) is 1.77. The minimum atomic E-state index is 0.572. The van der Waals surface area contributed by atoms with E-state index in [2.05, 4.69) is 82.5 Å². The molecular formula is C24H22N4S. The summed E-state index contributed by atoms with van der Waals surface area (Å²) < 4.78 is 0. The summed E-state index contributed by atoms with van der Waals surface area (Å²) in [5, 5.41) is 12.7. The zero-order valence-electron chi connectivity index (χ0n) is 16.1. The molecule has 0 atom stereocenters. The lowest BCUT2D eigenvalue weighted by atomic mass is 10.1. The summed E-state index contributed by atoms with van der Waals surface area (Å²) >= 11 is 5.38. The molecule has 4 nitrogen and oxygen atoms in total. The number of thiocarbonyl (C=S) groups is 1. The SMILES string of the molecule is Cc1ccc(CNC(=S)Nc2ccc(Nc3ccc4ccccc4c3)nc2)cc1. The number of nitrogens with one attached hydrogen (secondary N) is 3. The molecule has 3 N–H and O–H groups in total. The maximum atomic E-state index is 5.38. The van der Waals surface area contributed by atoms with Crippen molar-refractivity contribution < 1.29 is 0 Å².